The quantitative estimate of drug-likeness (QED) is 0.867. The minimum absolute atomic E-state index is 0.0416. The zero-order valence-electron chi connectivity index (χ0n) is 12.6. The first-order valence-electron chi connectivity index (χ1n) is 6.92. The fourth-order valence-corrected chi connectivity index (χ4v) is 2.81. The molecule has 1 aromatic carbocycles. The lowest BCUT2D eigenvalue weighted by Crippen LogP contribution is -2.41. The molecule has 0 amide bonds. The highest BCUT2D eigenvalue weighted by atomic mass is 32.1. The lowest BCUT2D eigenvalue weighted by molar-refractivity contribution is 0.00578. The lowest BCUT2D eigenvalue weighted by Gasteiger charge is -2.32. The first-order valence-corrected chi connectivity index (χ1v) is 7.80. The van der Waals surface area contributed by atoms with Gasteiger partial charge in [0.25, 0.3) is 0 Å². The van der Waals surface area contributed by atoms with Crippen LogP contribution in [0.2, 0.25) is 0 Å². The first-order chi connectivity index (χ1) is 9.78. The predicted octanol–water partition coefficient (Wildman–Crippen LogP) is 2.40. The van der Waals surface area contributed by atoms with Crippen molar-refractivity contribution in [3.63, 3.8) is 0 Å². The molecule has 1 saturated heterocycles. The van der Waals surface area contributed by atoms with Gasteiger partial charge in [0.2, 0.25) is 0 Å². The molecule has 4 nitrogen and oxygen atoms in total. The summed E-state index contributed by atoms with van der Waals surface area (Å²) in [6, 6.07) is 7.90. The summed E-state index contributed by atoms with van der Waals surface area (Å²) in [4.78, 5) is 14.0. The van der Waals surface area contributed by atoms with E-state index in [1.54, 1.807) is 0 Å². The highest BCUT2D eigenvalue weighted by Gasteiger charge is 2.51. The smallest absolute Gasteiger partial charge is 0.399 e. The second kappa shape index (κ2) is 4.83. The zero-order chi connectivity index (χ0) is 15.3. The Hall–Kier alpha value is -1.37. The summed E-state index contributed by atoms with van der Waals surface area (Å²) in [6.45, 7) is 8.16. The highest BCUT2D eigenvalue weighted by molar-refractivity contribution is 7.07. The number of benzene rings is 1. The van der Waals surface area contributed by atoms with Gasteiger partial charge in [-0.05, 0) is 38.7 Å². The predicted molar refractivity (Wildman–Crippen MR) is 86.1 cm³/mol. The van der Waals surface area contributed by atoms with Gasteiger partial charge in [0.15, 0.2) is 0 Å². The summed E-state index contributed by atoms with van der Waals surface area (Å²) in [5.74, 6) is 0. The molecule has 1 aromatic heterocycles. The van der Waals surface area contributed by atoms with Gasteiger partial charge in [0.05, 0.1) is 16.9 Å². The molecule has 0 radical (unpaired) electrons. The molecule has 1 aliphatic heterocycles. The Morgan fingerprint density at radius 3 is 2.10 bits per heavy atom. The van der Waals surface area contributed by atoms with Crippen molar-refractivity contribution in [1.82, 2.24) is 4.98 Å². The van der Waals surface area contributed by atoms with E-state index in [0.717, 1.165) is 16.7 Å². The third kappa shape index (κ3) is 2.59. The van der Waals surface area contributed by atoms with Crippen molar-refractivity contribution in [1.29, 1.82) is 0 Å². The fourth-order valence-electron chi connectivity index (χ4n) is 2.22. The first kappa shape index (κ1) is 14.6. The molecule has 0 aliphatic carbocycles. The minimum atomic E-state index is -0.356. The van der Waals surface area contributed by atoms with Gasteiger partial charge in [0, 0.05) is 5.38 Å². The number of rotatable bonds is 2. The van der Waals surface area contributed by atoms with Gasteiger partial charge in [-0.25, -0.2) is 0 Å². The summed E-state index contributed by atoms with van der Waals surface area (Å²) in [5.41, 5.74) is 2.12. The highest BCUT2D eigenvalue weighted by Crippen LogP contribution is 2.36. The molecule has 21 heavy (non-hydrogen) atoms. The van der Waals surface area contributed by atoms with E-state index in [4.69, 9.17) is 9.31 Å². The van der Waals surface area contributed by atoms with E-state index in [2.05, 4.69) is 4.98 Å². The molecule has 6 heteroatoms. The molecule has 1 N–H and O–H groups in total. The van der Waals surface area contributed by atoms with E-state index in [1.807, 2.05) is 57.3 Å². The van der Waals surface area contributed by atoms with Crippen molar-refractivity contribution in [3.8, 4) is 11.3 Å². The Bertz CT molecular complexity index is 686. The number of aromatic amines is 1. The van der Waals surface area contributed by atoms with Crippen LogP contribution in [0.5, 0.6) is 0 Å². The van der Waals surface area contributed by atoms with Crippen LogP contribution in [0.25, 0.3) is 11.3 Å². The van der Waals surface area contributed by atoms with E-state index >= 15 is 0 Å². The van der Waals surface area contributed by atoms with E-state index in [1.165, 1.54) is 11.3 Å². The van der Waals surface area contributed by atoms with Crippen LogP contribution in [-0.2, 0) is 9.31 Å². The summed E-state index contributed by atoms with van der Waals surface area (Å²) in [5, 5.41) is 1.83. The van der Waals surface area contributed by atoms with Gasteiger partial charge in [-0.1, -0.05) is 35.6 Å². The number of H-pyrrole nitrogens is 1. The summed E-state index contributed by atoms with van der Waals surface area (Å²) < 4.78 is 12.0. The van der Waals surface area contributed by atoms with Crippen LogP contribution in [0.15, 0.2) is 34.4 Å². The topological polar surface area (TPSA) is 51.3 Å². The van der Waals surface area contributed by atoms with Crippen molar-refractivity contribution in [3.05, 3.63) is 39.3 Å². The molecule has 0 spiro atoms. The molecule has 1 aliphatic rings. The van der Waals surface area contributed by atoms with Crippen LogP contribution < -0.4 is 10.3 Å². The lowest BCUT2D eigenvalue weighted by atomic mass is 9.79. The van der Waals surface area contributed by atoms with E-state index in [0.29, 0.717) is 0 Å². The van der Waals surface area contributed by atoms with Crippen molar-refractivity contribution in [2.45, 2.75) is 38.9 Å². The Morgan fingerprint density at radius 2 is 1.62 bits per heavy atom. The van der Waals surface area contributed by atoms with Crippen LogP contribution in [-0.4, -0.2) is 23.3 Å². The molecule has 0 saturated carbocycles. The van der Waals surface area contributed by atoms with Gasteiger partial charge in [-0.2, -0.15) is 0 Å². The number of nitrogens with one attached hydrogen (secondary N) is 1. The Labute approximate surface area is 128 Å². The van der Waals surface area contributed by atoms with Gasteiger partial charge in [-0.3, -0.25) is 4.79 Å². The van der Waals surface area contributed by atoms with Crippen LogP contribution >= 0.6 is 11.3 Å². The maximum absolute atomic E-state index is 11.2. The Kier molecular flexibility index (Phi) is 3.35. The fraction of sp³-hybridized carbons (Fsp3) is 0.400. The monoisotopic (exact) mass is 303 g/mol. The maximum atomic E-state index is 11.2. The number of aromatic nitrogens is 1. The van der Waals surface area contributed by atoms with Gasteiger partial charge >= 0.3 is 12.0 Å². The molecule has 0 unspecified atom stereocenters. The standard InChI is InChI=1S/C15H18BNO3S/c1-14(2)15(3,4)20-16(19-14)11-7-5-10(6-8-11)12-9-21-13(18)17-12/h5-9H,1-4H3,(H,17,18). The molecule has 0 atom stereocenters. The largest absolute Gasteiger partial charge is 0.494 e. The third-order valence-electron chi connectivity index (χ3n) is 4.27. The van der Waals surface area contributed by atoms with Crippen LogP contribution in [0, 0.1) is 0 Å². The van der Waals surface area contributed by atoms with Crippen molar-refractivity contribution >= 4 is 23.9 Å². The average Bonchev–Trinajstić information content (AvgIpc) is 2.92. The molecule has 3 rings (SSSR count). The Balaban J connectivity index is 1.84. The average molecular weight is 303 g/mol. The van der Waals surface area contributed by atoms with Gasteiger partial charge < -0.3 is 14.3 Å². The molecule has 0 bridgehead atoms. The van der Waals surface area contributed by atoms with Crippen molar-refractivity contribution in [2.75, 3.05) is 0 Å². The Morgan fingerprint density at radius 1 is 1.05 bits per heavy atom. The van der Waals surface area contributed by atoms with E-state index in [9.17, 15) is 4.79 Å². The minimum Gasteiger partial charge on any atom is -0.399 e. The SMILES string of the molecule is CC1(C)OB(c2ccc(-c3csc(=O)[nH]3)cc2)OC1(C)C. The molecule has 2 aromatic rings. The molecule has 2 heterocycles. The molecular weight excluding hydrogens is 285 g/mol. The normalized spacial score (nSPS) is 19.9. The number of thiazole rings is 1. The zero-order valence-corrected chi connectivity index (χ0v) is 13.4. The van der Waals surface area contributed by atoms with Crippen molar-refractivity contribution in [2.24, 2.45) is 0 Å². The molecule has 1 fully saturated rings. The van der Waals surface area contributed by atoms with Crippen LogP contribution in [0.4, 0.5) is 0 Å². The summed E-state index contributed by atoms with van der Waals surface area (Å²) >= 11 is 1.17. The van der Waals surface area contributed by atoms with E-state index in [-0.39, 0.29) is 23.2 Å². The maximum Gasteiger partial charge on any atom is 0.494 e. The number of hydrogen-bond acceptors (Lipinski definition) is 4. The third-order valence-corrected chi connectivity index (χ3v) is 4.94. The summed E-state index contributed by atoms with van der Waals surface area (Å²) in [6.07, 6.45) is 0. The van der Waals surface area contributed by atoms with Gasteiger partial charge in [-0.15, -0.1) is 0 Å². The summed E-state index contributed by atoms with van der Waals surface area (Å²) in [7, 11) is -0.356. The van der Waals surface area contributed by atoms with Crippen LogP contribution in [0.3, 0.4) is 0 Å². The van der Waals surface area contributed by atoms with Crippen molar-refractivity contribution < 1.29 is 9.31 Å². The second-order valence-corrected chi connectivity index (χ2v) is 7.11. The van der Waals surface area contributed by atoms with Crippen LogP contribution in [0.1, 0.15) is 27.7 Å². The van der Waals surface area contributed by atoms with E-state index < -0.39 is 0 Å². The number of hydrogen-bond donors (Lipinski definition) is 1. The molecule has 110 valence electrons. The molecular formula is C15H18BNO3S. The van der Waals surface area contributed by atoms with Gasteiger partial charge in [0.1, 0.15) is 0 Å². The second-order valence-electron chi connectivity index (χ2n) is 6.27.